The topological polar surface area (TPSA) is 91.8 Å². The Morgan fingerprint density at radius 1 is 0.774 bits per heavy atom. The summed E-state index contributed by atoms with van der Waals surface area (Å²) in [5.74, 6) is -0.285. The van der Waals surface area contributed by atoms with E-state index < -0.39 is 25.1 Å². The Bertz CT molecular complexity index is 1140. The average molecular weight is 463 g/mol. The lowest BCUT2D eigenvalue weighted by atomic mass is 10.2. The van der Waals surface area contributed by atoms with E-state index in [9.17, 15) is 21.6 Å². The van der Waals surface area contributed by atoms with Gasteiger partial charge in [0.25, 0.3) is 5.91 Å². The van der Waals surface area contributed by atoms with Gasteiger partial charge in [0.15, 0.2) is 9.84 Å². The molecule has 2 aromatic rings. The number of hydrogen-bond acceptors (Lipinski definition) is 5. The largest absolute Gasteiger partial charge is 0.337 e. The quantitative estimate of drug-likeness (QED) is 0.681. The SMILES string of the molecule is O=C(c1ccc(S(=O)(=O)N2CCCCC2)cc1)N1CCC(S(=O)(=O)c2ccccc2)C1. The van der Waals surface area contributed by atoms with Gasteiger partial charge < -0.3 is 4.90 Å². The molecule has 2 fully saturated rings. The van der Waals surface area contributed by atoms with Gasteiger partial charge in [0, 0.05) is 31.7 Å². The molecule has 0 spiro atoms. The molecular weight excluding hydrogens is 436 g/mol. The van der Waals surface area contributed by atoms with Crippen LogP contribution in [-0.2, 0) is 19.9 Å². The van der Waals surface area contributed by atoms with E-state index >= 15 is 0 Å². The van der Waals surface area contributed by atoms with Crippen molar-refractivity contribution in [1.29, 1.82) is 0 Å². The first-order valence-corrected chi connectivity index (χ1v) is 13.5. The van der Waals surface area contributed by atoms with Gasteiger partial charge in [-0.15, -0.1) is 0 Å². The lowest BCUT2D eigenvalue weighted by Crippen LogP contribution is -2.35. The maximum atomic E-state index is 12.9. The number of nitrogens with zero attached hydrogens (tertiary/aromatic N) is 2. The van der Waals surface area contributed by atoms with Gasteiger partial charge >= 0.3 is 0 Å². The lowest BCUT2D eigenvalue weighted by molar-refractivity contribution is 0.0793. The molecule has 0 aromatic heterocycles. The van der Waals surface area contributed by atoms with Gasteiger partial charge in [0.05, 0.1) is 15.0 Å². The summed E-state index contributed by atoms with van der Waals surface area (Å²) in [6.45, 7) is 1.52. The monoisotopic (exact) mass is 462 g/mol. The van der Waals surface area contributed by atoms with E-state index in [2.05, 4.69) is 0 Å². The second-order valence-corrected chi connectivity index (χ2v) is 12.2. The van der Waals surface area contributed by atoms with Gasteiger partial charge in [0.2, 0.25) is 10.0 Å². The van der Waals surface area contributed by atoms with E-state index in [-0.39, 0.29) is 22.2 Å². The second-order valence-electron chi connectivity index (χ2n) is 8.01. The molecular formula is C22H26N2O5S2. The third kappa shape index (κ3) is 4.40. The maximum absolute atomic E-state index is 12.9. The fraction of sp³-hybridized carbons (Fsp3) is 0.409. The number of benzene rings is 2. The number of likely N-dealkylation sites (tertiary alicyclic amines) is 1. The summed E-state index contributed by atoms with van der Waals surface area (Å²) in [6.07, 6.45) is 3.14. The highest BCUT2D eigenvalue weighted by molar-refractivity contribution is 7.92. The summed E-state index contributed by atoms with van der Waals surface area (Å²) in [7, 11) is -7.06. The molecule has 166 valence electrons. The van der Waals surface area contributed by atoms with Gasteiger partial charge in [0.1, 0.15) is 0 Å². The van der Waals surface area contributed by atoms with Crippen molar-refractivity contribution in [1.82, 2.24) is 9.21 Å². The summed E-state index contributed by atoms with van der Waals surface area (Å²) in [5, 5.41) is -0.641. The molecule has 2 aliphatic rings. The van der Waals surface area contributed by atoms with Crippen LogP contribution in [0.1, 0.15) is 36.0 Å². The number of carbonyl (C=O) groups is 1. The molecule has 0 aliphatic carbocycles. The molecule has 4 rings (SSSR count). The van der Waals surface area contributed by atoms with Crippen LogP contribution in [0.4, 0.5) is 0 Å². The fourth-order valence-corrected chi connectivity index (χ4v) is 7.41. The Labute approximate surface area is 183 Å². The molecule has 2 aromatic carbocycles. The predicted molar refractivity (Wildman–Crippen MR) is 117 cm³/mol. The first-order chi connectivity index (χ1) is 14.8. The number of carbonyl (C=O) groups excluding carboxylic acids is 1. The Balaban J connectivity index is 1.46. The third-order valence-electron chi connectivity index (χ3n) is 6.00. The zero-order valence-corrected chi connectivity index (χ0v) is 18.8. The maximum Gasteiger partial charge on any atom is 0.253 e. The highest BCUT2D eigenvalue weighted by Crippen LogP contribution is 2.26. The van der Waals surface area contributed by atoms with Crippen LogP contribution in [0.2, 0.25) is 0 Å². The van der Waals surface area contributed by atoms with Crippen molar-refractivity contribution in [3.8, 4) is 0 Å². The molecule has 31 heavy (non-hydrogen) atoms. The summed E-state index contributed by atoms with van der Waals surface area (Å²) < 4.78 is 52.7. The average Bonchev–Trinajstić information content (AvgIpc) is 3.31. The molecule has 1 unspecified atom stereocenters. The molecule has 0 radical (unpaired) electrons. The highest BCUT2D eigenvalue weighted by Gasteiger charge is 2.36. The Hall–Kier alpha value is -2.23. The number of sulfone groups is 1. The number of hydrogen-bond donors (Lipinski definition) is 0. The standard InChI is InChI=1S/C22H26N2O5S2/c25-22(23-16-13-21(17-23)30(26,27)19-7-3-1-4-8-19)18-9-11-20(12-10-18)31(28,29)24-14-5-2-6-15-24/h1,3-4,7-12,21H,2,5-6,13-17H2. The van der Waals surface area contributed by atoms with Crippen molar-refractivity contribution in [3.05, 3.63) is 60.2 Å². The molecule has 7 nitrogen and oxygen atoms in total. The van der Waals surface area contributed by atoms with Crippen molar-refractivity contribution in [2.24, 2.45) is 0 Å². The number of amides is 1. The van der Waals surface area contributed by atoms with Crippen molar-refractivity contribution in [2.75, 3.05) is 26.2 Å². The number of rotatable bonds is 5. The van der Waals surface area contributed by atoms with E-state index in [0.29, 0.717) is 31.6 Å². The molecule has 0 bridgehead atoms. The van der Waals surface area contributed by atoms with E-state index in [4.69, 9.17) is 0 Å². The first-order valence-electron chi connectivity index (χ1n) is 10.5. The van der Waals surface area contributed by atoms with Crippen molar-refractivity contribution in [2.45, 2.75) is 40.7 Å². The van der Waals surface area contributed by atoms with Crippen LogP contribution in [0.5, 0.6) is 0 Å². The third-order valence-corrected chi connectivity index (χ3v) is 10.1. The minimum atomic E-state index is -3.55. The minimum Gasteiger partial charge on any atom is -0.337 e. The van der Waals surface area contributed by atoms with Crippen LogP contribution in [0.25, 0.3) is 0 Å². The summed E-state index contributed by atoms with van der Waals surface area (Å²) in [6, 6.07) is 14.2. The van der Waals surface area contributed by atoms with Crippen LogP contribution < -0.4 is 0 Å². The van der Waals surface area contributed by atoms with Crippen LogP contribution in [0.3, 0.4) is 0 Å². The van der Waals surface area contributed by atoms with Crippen molar-refractivity contribution in [3.63, 3.8) is 0 Å². The Kier molecular flexibility index (Phi) is 6.18. The summed E-state index contributed by atoms with van der Waals surface area (Å²) in [4.78, 5) is 14.9. The van der Waals surface area contributed by atoms with Gasteiger partial charge in [-0.05, 0) is 55.7 Å². The molecule has 9 heteroatoms. The zero-order valence-electron chi connectivity index (χ0n) is 17.2. The number of sulfonamides is 1. The Morgan fingerprint density at radius 2 is 1.42 bits per heavy atom. The minimum absolute atomic E-state index is 0.129. The van der Waals surface area contributed by atoms with E-state index in [1.54, 1.807) is 30.3 Å². The van der Waals surface area contributed by atoms with Crippen LogP contribution in [0, 0.1) is 0 Å². The Morgan fingerprint density at radius 3 is 2.06 bits per heavy atom. The van der Waals surface area contributed by atoms with Gasteiger partial charge in [-0.25, -0.2) is 16.8 Å². The molecule has 2 saturated heterocycles. The van der Waals surface area contributed by atoms with E-state index in [0.717, 1.165) is 19.3 Å². The highest BCUT2D eigenvalue weighted by atomic mass is 32.2. The van der Waals surface area contributed by atoms with Crippen molar-refractivity contribution >= 4 is 25.8 Å². The zero-order chi connectivity index (χ0) is 22.1. The summed E-state index contributed by atoms with van der Waals surface area (Å²) in [5.41, 5.74) is 0.357. The fourth-order valence-electron chi connectivity index (χ4n) is 4.17. The van der Waals surface area contributed by atoms with Gasteiger partial charge in [-0.2, -0.15) is 4.31 Å². The lowest BCUT2D eigenvalue weighted by Gasteiger charge is -2.26. The predicted octanol–water partition coefficient (Wildman–Crippen LogP) is 2.55. The molecule has 1 amide bonds. The molecule has 0 saturated carbocycles. The molecule has 1 atom stereocenters. The smallest absolute Gasteiger partial charge is 0.253 e. The van der Waals surface area contributed by atoms with Gasteiger partial charge in [-0.3, -0.25) is 4.79 Å². The normalized spacial score (nSPS) is 20.6. The second kappa shape index (κ2) is 8.72. The van der Waals surface area contributed by atoms with E-state index in [1.807, 2.05) is 0 Å². The van der Waals surface area contributed by atoms with E-state index in [1.165, 1.54) is 33.5 Å². The van der Waals surface area contributed by atoms with Gasteiger partial charge in [-0.1, -0.05) is 24.6 Å². The summed E-state index contributed by atoms with van der Waals surface area (Å²) >= 11 is 0. The van der Waals surface area contributed by atoms with Crippen LogP contribution in [-0.4, -0.2) is 63.4 Å². The molecule has 2 aliphatic heterocycles. The molecule has 0 N–H and O–H groups in total. The van der Waals surface area contributed by atoms with Crippen molar-refractivity contribution < 1.29 is 21.6 Å². The number of piperidine rings is 1. The molecule has 2 heterocycles. The van der Waals surface area contributed by atoms with Crippen LogP contribution >= 0.6 is 0 Å². The first kappa shape index (κ1) is 22.0. The van der Waals surface area contributed by atoms with Crippen LogP contribution in [0.15, 0.2) is 64.4 Å².